The van der Waals surface area contributed by atoms with E-state index in [4.69, 9.17) is 10.5 Å². The van der Waals surface area contributed by atoms with Crippen LogP contribution in [0.1, 0.15) is 5.56 Å². The summed E-state index contributed by atoms with van der Waals surface area (Å²) < 4.78 is 6.09. The van der Waals surface area contributed by atoms with Crippen LogP contribution in [0.4, 0.5) is 11.4 Å². The molecular weight excluding hydrogens is 312 g/mol. The molecule has 0 saturated heterocycles. The fraction of sp³-hybridized carbons (Fsp3) is 0.0769. The second-order valence-electron chi connectivity index (χ2n) is 3.87. The number of benzene rings is 2. The number of anilines is 1. The van der Waals surface area contributed by atoms with Gasteiger partial charge in [0.15, 0.2) is 0 Å². The molecule has 98 valence electrons. The smallest absolute Gasteiger partial charge is 0.293 e. The molecule has 0 aliphatic heterocycles. The van der Waals surface area contributed by atoms with Crippen molar-refractivity contribution in [3.8, 4) is 5.75 Å². The van der Waals surface area contributed by atoms with E-state index in [1.807, 2.05) is 30.3 Å². The molecular formula is C13H11BrN2O3. The van der Waals surface area contributed by atoms with E-state index in [1.165, 1.54) is 12.1 Å². The Hall–Kier alpha value is -2.08. The number of rotatable bonds is 4. The summed E-state index contributed by atoms with van der Waals surface area (Å²) in [6.07, 6.45) is 0. The van der Waals surface area contributed by atoms with Gasteiger partial charge in [-0.15, -0.1) is 0 Å². The molecule has 2 aromatic carbocycles. The lowest BCUT2D eigenvalue weighted by molar-refractivity contribution is -0.384. The zero-order valence-corrected chi connectivity index (χ0v) is 11.5. The molecule has 2 rings (SSSR count). The van der Waals surface area contributed by atoms with Gasteiger partial charge in [0, 0.05) is 12.1 Å². The minimum atomic E-state index is -0.527. The predicted molar refractivity (Wildman–Crippen MR) is 76.0 cm³/mol. The minimum absolute atomic E-state index is 0.0799. The Labute approximate surface area is 118 Å². The Balaban J connectivity index is 2.17. The Morgan fingerprint density at radius 1 is 1.26 bits per heavy atom. The second kappa shape index (κ2) is 5.71. The van der Waals surface area contributed by atoms with Crippen molar-refractivity contribution in [2.45, 2.75) is 6.61 Å². The monoisotopic (exact) mass is 322 g/mol. The summed E-state index contributed by atoms with van der Waals surface area (Å²) in [5.74, 6) is 0.479. The summed E-state index contributed by atoms with van der Waals surface area (Å²) in [7, 11) is 0. The maximum absolute atomic E-state index is 10.7. The Bertz CT molecular complexity index is 602. The number of halogens is 1. The highest BCUT2D eigenvalue weighted by molar-refractivity contribution is 9.10. The van der Waals surface area contributed by atoms with Crippen molar-refractivity contribution in [1.29, 1.82) is 0 Å². The number of nitro groups is 1. The van der Waals surface area contributed by atoms with Gasteiger partial charge in [0.1, 0.15) is 18.0 Å². The van der Waals surface area contributed by atoms with Crippen LogP contribution in [0.5, 0.6) is 5.75 Å². The van der Waals surface area contributed by atoms with Gasteiger partial charge >= 0.3 is 0 Å². The van der Waals surface area contributed by atoms with Gasteiger partial charge < -0.3 is 10.5 Å². The first-order valence-electron chi connectivity index (χ1n) is 5.48. The van der Waals surface area contributed by atoms with Gasteiger partial charge in [-0.2, -0.15) is 0 Å². The molecule has 2 N–H and O–H groups in total. The number of nitro benzene ring substituents is 1. The van der Waals surface area contributed by atoms with Crippen LogP contribution in [0.3, 0.4) is 0 Å². The van der Waals surface area contributed by atoms with Gasteiger partial charge in [0.2, 0.25) is 0 Å². The average Bonchev–Trinajstić information content (AvgIpc) is 2.40. The van der Waals surface area contributed by atoms with E-state index < -0.39 is 4.92 Å². The van der Waals surface area contributed by atoms with E-state index in [0.29, 0.717) is 16.8 Å². The van der Waals surface area contributed by atoms with Crippen LogP contribution in [0.15, 0.2) is 46.9 Å². The molecule has 0 fully saturated rings. The Kier molecular flexibility index (Phi) is 4.01. The lowest BCUT2D eigenvalue weighted by Crippen LogP contribution is -2.00. The molecule has 5 nitrogen and oxygen atoms in total. The molecule has 0 saturated carbocycles. The SMILES string of the molecule is Nc1cc(OCc2ccccc2)c(Br)cc1[N+](=O)[O-]. The van der Waals surface area contributed by atoms with Crippen molar-refractivity contribution in [3.63, 3.8) is 0 Å². The number of hydrogen-bond donors (Lipinski definition) is 1. The van der Waals surface area contributed by atoms with Crippen LogP contribution in [-0.2, 0) is 6.61 Å². The summed E-state index contributed by atoms with van der Waals surface area (Å²) in [5.41, 5.74) is 6.56. The zero-order chi connectivity index (χ0) is 13.8. The third-order valence-electron chi connectivity index (χ3n) is 2.52. The number of ether oxygens (including phenoxy) is 1. The first-order valence-corrected chi connectivity index (χ1v) is 6.27. The Morgan fingerprint density at radius 3 is 2.58 bits per heavy atom. The third kappa shape index (κ3) is 3.23. The summed E-state index contributed by atoms with van der Waals surface area (Å²) in [5, 5.41) is 10.7. The maximum Gasteiger partial charge on any atom is 0.293 e. The normalized spacial score (nSPS) is 10.2. The standard InChI is InChI=1S/C13H11BrN2O3/c14-10-6-12(16(17)18)11(15)7-13(10)19-8-9-4-2-1-3-5-9/h1-7H,8,15H2. The van der Waals surface area contributed by atoms with Gasteiger partial charge in [-0.3, -0.25) is 10.1 Å². The van der Waals surface area contributed by atoms with Gasteiger partial charge in [-0.05, 0) is 21.5 Å². The summed E-state index contributed by atoms with van der Waals surface area (Å²) in [6.45, 7) is 0.372. The highest BCUT2D eigenvalue weighted by atomic mass is 79.9. The van der Waals surface area contributed by atoms with Gasteiger partial charge in [-0.25, -0.2) is 0 Å². The van der Waals surface area contributed by atoms with Gasteiger partial charge in [0.25, 0.3) is 5.69 Å². The van der Waals surface area contributed by atoms with E-state index in [-0.39, 0.29) is 11.4 Å². The molecule has 0 aliphatic rings. The van der Waals surface area contributed by atoms with Crippen LogP contribution in [0, 0.1) is 10.1 Å². The fourth-order valence-electron chi connectivity index (χ4n) is 1.56. The highest BCUT2D eigenvalue weighted by Crippen LogP contribution is 2.34. The van der Waals surface area contributed by atoms with Crippen molar-refractivity contribution in [2.24, 2.45) is 0 Å². The predicted octanol–water partition coefficient (Wildman–Crippen LogP) is 3.52. The molecule has 2 aromatic rings. The summed E-state index contributed by atoms with van der Waals surface area (Å²) in [6, 6.07) is 12.4. The van der Waals surface area contributed by atoms with Crippen molar-refractivity contribution in [2.75, 3.05) is 5.73 Å². The lowest BCUT2D eigenvalue weighted by atomic mass is 10.2. The molecule has 0 aliphatic carbocycles. The minimum Gasteiger partial charge on any atom is -0.488 e. The largest absolute Gasteiger partial charge is 0.488 e. The fourth-order valence-corrected chi connectivity index (χ4v) is 2.01. The Morgan fingerprint density at radius 2 is 1.95 bits per heavy atom. The molecule has 0 amide bonds. The van der Waals surface area contributed by atoms with E-state index in [9.17, 15) is 10.1 Å². The van der Waals surface area contributed by atoms with E-state index in [2.05, 4.69) is 15.9 Å². The number of nitrogens with two attached hydrogens (primary N) is 1. The van der Waals surface area contributed by atoms with Gasteiger partial charge in [0.05, 0.1) is 9.40 Å². The summed E-state index contributed by atoms with van der Waals surface area (Å²) in [4.78, 5) is 10.2. The van der Waals surface area contributed by atoms with Crippen molar-refractivity contribution >= 4 is 27.3 Å². The van der Waals surface area contributed by atoms with Gasteiger partial charge in [-0.1, -0.05) is 30.3 Å². The van der Waals surface area contributed by atoms with Crippen LogP contribution in [0.25, 0.3) is 0 Å². The van der Waals surface area contributed by atoms with E-state index >= 15 is 0 Å². The van der Waals surface area contributed by atoms with Crippen LogP contribution in [-0.4, -0.2) is 4.92 Å². The first kappa shape index (κ1) is 13.4. The highest BCUT2D eigenvalue weighted by Gasteiger charge is 2.15. The van der Waals surface area contributed by atoms with Crippen LogP contribution < -0.4 is 10.5 Å². The number of nitrogen functional groups attached to an aromatic ring is 1. The second-order valence-corrected chi connectivity index (χ2v) is 4.73. The summed E-state index contributed by atoms with van der Waals surface area (Å²) >= 11 is 3.24. The van der Waals surface area contributed by atoms with Crippen LogP contribution in [0.2, 0.25) is 0 Å². The molecule has 0 spiro atoms. The third-order valence-corrected chi connectivity index (χ3v) is 3.13. The lowest BCUT2D eigenvalue weighted by Gasteiger charge is -2.09. The molecule has 0 radical (unpaired) electrons. The van der Waals surface area contributed by atoms with Crippen LogP contribution >= 0.6 is 15.9 Å². The van der Waals surface area contributed by atoms with Crippen molar-refractivity contribution in [1.82, 2.24) is 0 Å². The molecule has 6 heteroatoms. The van der Waals surface area contributed by atoms with E-state index in [0.717, 1.165) is 5.56 Å². The van der Waals surface area contributed by atoms with Crippen molar-refractivity contribution in [3.05, 3.63) is 62.6 Å². The average molecular weight is 323 g/mol. The van der Waals surface area contributed by atoms with E-state index in [1.54, 1.807) is 0 Å². The molecule has 0 bridgehead atoms. The quantitative estimate of drug-likeness (QED) is 0.530. The topological polar surface area (TPSA) is 78.4 Å². The maximum atomic E-state index is 10.7. The molecule has 0 unspecified atom stereocenters. The molecule has 0 heterocycles. The zero-order valence-electron chi connectivity index (χ0n) is 9.88. The molecule has 0 atom stereocenters. The molecule has 19 heavy (non-hydrogen) atoms. The number of nitrogens with zero attached hydrogens (tertiary/aromatic N) is 1. The molecule has 0 aromatic heterocycles. The number of hydrogen-bond acceptors (Lipinski definition) is 4. The first-order chi connectivity index (χ1) is 9.08. The van der Waals surface area contributed by atoms with Crippen molar-refractivity contribution < 1.29 is 9.66 Å².